The van der Waals surface area contributed by atoms with E-state index in [2.05, 4.69) is 46.1 Å². The largest absolute Gasteiger partial charge is 0.394 e. The molecule has 0 radical (unpaired) electrons. The topological polar surface area (TPSA) is 106 Å². The highest BCUT2D eigenvalue weighted by atomic mass is 19.1. The highest BCUT2D eigenvalue weighted by Gasteiger charge is 2.30. The van der Waals surface area contributed by atoms with Gasteiger partial charge in [0.2, 0.25) is 5.91 Å². The average molecular weight is 616 g/mol. The number of ether oxygens (including phenoxy) is 1. The van der Waals surface area contributed by atoms with Crippen molar-refractivity contribution in [2.24, 2.45) is 5.73 Å². The lowest BCUT2D eigenvalue weighted by molar-refractivity contribution is -0.132. The number of nitrogens with two attached hydrogens (primary N) is 1. The zero-order valence-corrected chi connectivity index (χ0v) is 26.6. The van der Waals surface area contributed by atoms with Gasteiger partial charge in [0, 0.05) is 80.6 Å². The van der Waals surface area contributed by atoms with Gasteiger partial charge < -0.3 is 30.4 Å². The molecule has 5 rings (SSSR count). The Hall–Kier alpha value is -3.79. The van der Waals surface area contributed by atoms with E-state index in [9.17, 15) is 9.90 Å². The van der Waals surface area contributed by atoms with Gasteiger partial charge in [-0.25, -0.2) is 9.37 Å². The summed E-state index contributed by atoms with van der Waals surface area (Å²) >= 11 is 0. The number of anilines is 1. The Morgan fingerprint density at radius 2 is 1.96 bits per heavy atom. The second-order valence-electron chi connectivity index (χ2n) is 12.3. The second-order valence-corrected chi connectivity index (χ2v) is 12.3. The van der Waals surface area contributed by atoms with Gasteiger partial charge in [-0.2, -0.15) is 0 Å². The van der Waals surface area contributed by atoms with E-state index in [1.54, 1.807) is 13.2 Å². The van der Waals surface area contributed by atoms with Gasteiger partial charge in [0.15, 0.2) is 0 Å². The van der Waals surface area contributed by atoms with Gasteiger partial charge in [-0.05, 0) is 74.4 Å². The third-order valence-corrected chi connectivity index (χ3v) is 8.88. The van der Waals surface area contributed by atoms with Gasteiger partial charge in [0.05, 0.1) is 12.1 Å². The van der Waals surface area contributed by atoms with Crippen LogP contribution in [0, 0.1) is 12.7 Å². The molecule has 0 aliphatic carbocycles. The van der Waals surface area contributed by atoms with E-state index in [0.717, 1.165) is 65.0 Å². The molecule has 0 saturated carbocycles. The monoisotopic (exact) mass is 615 g/mol. The third kappa shape index (κ3) is 7.72. The van der Waals surface area contributed by atoms with Crippen LogP contribution in [0.2, 0.25) is 0 Å². The van der Waals surface area contributed by atoms with Crippen LogP contribution in [0.5, 0.6) is 0 Å². The van der Waals surface area contributed by atoms with Crippen molar-refractivity contribution in [3.63, 3.8) is 0 Å². The Labute approximate surface area is 265 Å². The fourth-order valence-corrected chi connectivity index (χ4v) is 6.62. The normalized spacial score (nSPS) is 16.6. The second kappa shape index (κ2) is 15.0. The molecule has 0 bridgehead atoms. The molecule has 3 heterocycles. The summed E-state index contributed by atoms with van der Waals surface area (Å²) in [7, 11) is 1.68. The molecule has 1 saturated heterocycles. The van der Waals surface area contributed by atoms with Crippen molar-refractivity contribution in [3.8, 4) is 11.1 Å². The number of aromatic nitrogens is 2. The number of amides is 1. The lowest BCUT2D eigenvalue weighted by Gasteiger charge is -2.34. The van der Waals surface area contributed by atoms with Crippen LogP contribution < -0.4 is 11.1 Å². The predicted octanol–water partition coefficient (Wildman–Crippen LogP) is 5.65. The first kappa shape index (κ1) is 32.6. The summed E-state index contributed by atoms with van der Waals surface area (Å²) in [5.74, 6) is 0.724. The molecule has 1 fully saturated rings. The summed E-state index contributed by atoms with van der Waals surface area (Å²) in [6.07, 6.45) is 5.36. The van der Waals surface area contributed by atoms with Gasteiger partial charge in [-0.1, -0.05) is 36.4 Å². The van der Waals surface area contributed by atoms with Crippen LogP contribution in [0.3, 0.4) is 0 Å². The minimum Gasteiger partial charge on any atom is -0.394 e. The van der Waals surface area contributed by atoms with Crippen LogP contribution in [0.25, 0.3) is 22.0 Å². The molecule has 0 spiro atoms. The van der Waals surface area contributed by atoms with E-state index in [4.69, 9.17) is 10.5 Å². The Bertz CT molecular complexity index is 1570. The van der Waals surface area contributed by atoms with Gasteiger partial charge >= 0.3 is 0 Å². The Kier molecular flexibility index (Phi) is 10.9. The van der Waals surface area contributed by atoms with Crippen molar-refractivity contribution in [1.29, 1.82) is 0 Å². The number of hydrogen-bond donors (Lipinski definition) is 3. The molecular formula is C36H46FN5O3. The highest BCUT2D eigenvalue weighted by Crippen LogP contribution is 2.37. The molecule has 3 atom stereocenters. The van der Waals surface area contributed by atoms with Crippen molar-refractivity contribution in [3.05, 3.63) is 83.4 Å². The number of aliphatic hydroxyl groups is 1. The Balaban J connectivity index is 1.21. The fourth-order valence-electron chi connectivity index (χ4n) is 6.62. The van der Waals surface area contributed by atoms with E-state index in [1.165, 1.54) is 6.07 Å². The molecule has 8 nitrogen and oxygen atoms in total. The first-order valence-corrected chi connectivity index (χ1v) is 16.0. The van der Waals surface area contributed by atoms with Crippen LogP contribution in [-0.2, 0) is 22.5 Å². The molecule has 1 aliphatic heterocycles. The van der Waals surface area contributed by atoms with Gasteiger partial charge in [-0.3, -0.25) is 4.79 Å². The minimum atomic E-state index is -0.291. The number of carbonyl (C=O) groups excluding carboxylic acids is 1. The lowest BCUT2D eigenvalue weighted by Crippen LogP contribution is -2.42. The maximum Gasteiger partial charge on any atom is 0.224 e. The third-order valence-electron chi connectivity index (χ3n) is 8.88. The van der Waals surface area contributed by atoms with E-state index in [1.807, 2.05) is 36.2 Å². The Morgan fingerprint density at radius 1 is 1.18 bits per heavy atom. The van der Waals surface area contributed by atoms with Gasteiger partial charge in [0.25, 0.3) is 0 Å². The molecule has 1 aliphatic rings. The molecule has 2 aromatic heterocycles. The van der Waals surface area contributed by atoms with Crippen LogP contribution in [0.4, 0.5) is 10.2 Å². The number of hydrogen-bond acceptors (Lipinski definition) is 6. The molecule has 4 aromatic rings. The number of carbonyl (C=O) groups is 1. The Morgan fingerprint density at radius 3 is 2.67 bits per heavy atom. The van der Waals surface area contributed by atoms with E-state index in [-0.39, 0.29) is 42.8 Å². The summed E-state index contributed by atoms with van der Waals surface area (Å²) in [5, 5.41) is 13.3. The van der Waals surface area contributed by atoms with Crippen LogP contribution in [0.1, 0.15) is 55.3 Å². The zero-order valence-electron chi connectivity index (χ0n) is 26.6. The van der Waals surface area contributed by atoms with Crippen LogP contribution in [0.15, 0.2) is 60.8 Å². The van der Waals surface area contributed by atoms with Crippen molar-refractivity contribution in [2.75, 3.05) is 38.7 Å². The standard InChI is InChI=1S/C36H46FN5O3/c1-24(23-43)40-33-15-14-28(21-39-33)27-12-10-26(11-13-27)19-30(38)20-34(44)41-16-5-7-29(22-41)35-25(2)31-8-4-9-32(37)36(31)42(35)17-6-18-45-3/h4,8-15,21,24,29-30,43H,5-7,16-20,22-23,38H2,1-3H3,(H,39,40)/t24?,29?,30-/m1/s1. The summed E-state index contributed by atoms with van der Waals surface area (Å²) in [4.78, 5) is 19.9. The number of fused-ring (bicyclic) bond motifs is 1. The predicted molar refractivity (Wildman–Crippen MR) is 178 cm³/mol. The maximum absolute atomic E-state index is 15.1. The summed E-state index contributed by atoms with van der Waals surface area (Å²) in [6, 6.07) is 17.1. The number of pyridine rings is 1. The number of benzene rings is 2. The molecular weight excluding hydrogens is 569 g/mol. The number of para-hydroxylation sites is 1. The van der Waals surface area contributed by atoms with E-state index in [0.29, 0.717) is 31.6 Å². The number of nitrogens with one attached hydrogen (secondary N) is 1. The summed E-state index contributed by atoms with van der Waals surface area (Å²) in [5.41, 5.74) is 12.5. The average Bonchev–Trinajstić information content (AvgIpc) is 3.34. The van der Waals surface area contributed by atoms with Crippen molar-refractivity contribution in [2.45, 2.75) is 70.5 Å². The van der Waals surface area contributed by atoms with Crippen LogP contribution in [-0.4, -0.2) is 71.0 Å². The van der Waals surface area contributed by atoms with Crippen molar-refractivity contribution < 1.29 is 19.0 Å². The SMILES string of the molecule is COCCCn1c(C2CCCN(C(=O)C[C@H](N)Cc3ccc(-c4ccc(NC(C)CO)nc4)cc3)C2)c(C)c2cccc(F)c21. The number of likely N-dealkylation sites (tertiary alicyclic amines) is 1. The number of aryl methyl sites for hydroxylation is 2. The molecule has 9 heteroatoms. The maximum atomic E-state index is 15.1. The summed E-state index contributed by atoms with van der Waals surface area (Å²) < 4.78 is 22.5. The van der Waals surface area contributed by atoms with Crippen molar-refractivity contribution in [1.82, 2.24) is 14.5 Å². The fraction of sp³-hybridized carbons (Fsp3) is 0.444. The van der Waals surface area contributed by atoms with Crippen molar-refractivity contribution >= 4 is 22.6 Å². The van der Waals surface area contributed by atoms with E-state index >= 15 is 4.39 Å². The smallest absolute Gasteiger partial charge is 0.224 e. The molecule has 2 aromatic carbocycles. The number of aliphatic hydroxyl groups excluding tert-OH is 1. The van der Waals surface area contributed by atoms with Gasteiger partial charge in [-0.15, -0.1) is 0 Å². The first-order valence-electron chi connectivity index (χ1n) is 16.0. The first-order chi connectivity index (χ1) is 21.8. The minimum absolute atomic E-state index is 0.0428. The van der Waals surface area contributed by atoms with Crippen LogP contribution >= 0.6 is 0 Å². The molecule has 1 amide bonds. The lowest BCUT2D eigenvalue weighted by atomic mass is 9.91. The zero-order chi connectivity index (χ0) is 31.9. The summed E-state index contributed by atoms with van der Waals surface area (Å²) in [6.45, 7) is 6.63. The number of halogens is 1. The molecule has 4 N–H and O–H groups in total. The number of nitrogens with zero attached hydrogens (tertiary/aromatic N) is 3. The molecule has 45 heavy (non-hydrogen) atoms. The van der Waals surface area contributed by atoms with E-state index < -0.39 is 0 Å². The quantitative estimate of drug-likeness (QED) is 0.168. The molecule has 2 unspecified atom stereocenters. The van der Waals surface area contributed by atoms with Gasteiger partial charge in [0.1, 0.15) is 11.6 Å². The number of rotatable bonds is 13. The highest BCUT2D eigenvalue weighted by molar-refractivity contribution is 5.86. The molecule has 240 valence electrons. The number of piperidine rings is 1. The number of methoxy groups -OCH3 is 1.